The second kappa shape index (κ2) is 6.65. The van der Waals surface area contributed by atoms with E-state index < -0.39 is 0 Å². The molecule has 124 valence electrons. The van der Waals surface area contributed by atoms with Crippen LogP contribution < -0.4 is 10.2 Å². The minimum Gasteiger partial charge on any atom is -0.356 e. The number of hydrogen-bond donors (Lipinski definition) is 1. The van der Waals surface area contributed by atoms with Crippen LogP contribution in [0.2, 0.25) is 0 Å². The van der Waals surface area contributed by atoms with Crippen LogP contribution in [0.4, 0.5) is 5.82 Å². The van der Waals surface area contributed by atoms with Gasteiger partial charge in [0, 0.05) is 25.0 Å². The molecule has 1 N–H and O–H groups in total. The first-order valence-electron chi connectivity index (χ1n) is 8.77. The molecule has 4 rings (SSSR count). The van der Waals surface area contributed by atoms with Crippen molar-refractivity contribution in [2.24, 2.45) is 0 Å². The lowest BCUT2D eigenvalue weighted by molar-refractivity contribution is 0.112. The molecule has 1 atom stereocenters. The molecule has 2 aliphatic rings. The summed E-state index contributed by atoms with van der Waals surface area (Å²) in [7, 11) is 0. The second-order valence-corrected chi connectivity index (χ2v) is 6.45. The third-order valence-electron chi connectivity index (χ3n) is 4.97. The van der Waals surface area contributed by atoms with Gasteiger partial charge in [0.25, 0.3) is 0 Å². The summed E-state index contributed by atoms with van der Waals surface area (Å²) in [6, 6.07) is 8.54. The first-order chi connectivity index (χ1) is 11.9. The highest BCUT2D eigenvalue weighted by Gasteiger charge is 2.25. The van der Waals surface area contributed by atoms with Gasteiger partial charge in [-0.2, -0.15) is 0 Å². The molecule has 1 aliphatic heterocycles. The predicted octanol–water partition coefficient (Wildman–Crippen LogP) is 3.31. The van der Waals surface area contributed by atoms with Crippen molar-refractivity contribution in [3.63, 3.8) is 0 Å². The zero-order valence-electron chi connectivity index (χ0n) is 13.8. The smallest absolute Gasteiger partial charge is 0.154 e. The Bertz CT molecular complexity index is 795. The summed E-state index contributed by atoms with van der Waals surface area (Å²) in [5.74, 6) is 1.08. The van der Waals surface area contributed by atoms with Gasteiger partial charge in [-0.05, 0) is 25.5 Å². The molecule has 1 aromatic carbocycles. The van der Waals surface area contributed by atoms with Crippen LogP contribution in [0.1, 0.15) is 29.2 Å². The van der Waals surface area contributed by atoms with E-state index in [0.717, 1.165) is 67.6 Å². The fourth-order valence-corrected chi connectivity index (χ4v) is 3.87. The molecule has 4 nitrogen and oxygen atoms in total. The van der Waals surface area contributed by atoms with Crippen LogP contribution >= 0.6 is 0 Å². The quantitative estimate of drug-likeness (QED) is 0.881. The lowest BCUT2D eigenvalue weighted by Gasteiger charge is -2.28. The SMILES string of the molecule is O=Cc1c(N2CCCNCC2)n(C2C=CC=CC2)c2ccccc12. The molecule has 2 aromatic rings. The van der Waals surface area contributed by atoms with Crippen LogP contribution in [-0.2, 0) is 0 Å². The Hall–Kier alpha value is -2.33. The van der Waals surface area contributed by atoms with Crippen molar-refractivity contribution in [3.8, 4) is 0 Å². The van der Waals surface area contributed by atoms with Gasteiger partial charge in [0.1, 0.15) is 5.82 Å². The third-order valence-corrected chi connectivity index (χ3v) is 4.97. The molecule has 1 fully saturated rings. The predicted molar refractivity (Wildman–Crippen MR) is 99.0 cm³/mol. The zero-order chi connectivity index (χ0) is 16.4. The van der Waals surface area contributed by atoms with Gasteiger partial charge in [-0.1, -0.05) is 42.5 Å². The number of nitrogens with one attached hydrogen (secondary N) is 1. The maximum Gasteiger partial charge on any atom is 0.154 e. The van der Waals surface area contributed by atoms with Crippen molar-refractivity contribution in [3.05, 3.63) is 54.1 Å². The molecule has 0 saturated carbocycles. The van der Waals surface area contributed by atoms with E-state index in [1.54, 1.807) is 0 Å². The maximum absolute atomic E-state index is 12.0. The highest BCUT2D eigenvalue weighted by molar-refractivity contribution is 6.04. The standard InChI is InChI=1S/C20H23N3O/c24-15-18-17-9-4-5-10-19(17)23(16-7-2-1-3-8-16)20(18)22-13-6-11-21-12-14-22/h1-5,7,9-10,15-16,21H,6,8,11-14H2. The van der Waals surface area contributed by atoms with Crippen molar-refractivity contribution in [1.82, 2.24) is 9.88 Å². The monoisotopic (exact) mass is 321 g/mol. The summed E-state index contributed by atoms with van der Waals surface area (Å²) >= 11 is 0. The van der Waals surface area contributed by atoms with E-state index in [4.69, 9.17) is 0 Å². The van der Waals surface area contributed by atoms with Crippen LogP contribution in [0.15, 0.2) is 48.6 Å². The molecular formula is C20H23N3O. The lowest BCUT2D eigenvalue weighted by Crippen LogP contribution is -2.31. The number of carbonyl (C=O) groups excluding carboxylic acids is 1. The number of anilines is 1. The average Bonchev–Trinajstić information content (AvgIpc) is 2.77. The van der Waals surface area contributed by atoms with Crippen molar-refractivity contribution >= 4 is 23.0 Å². The van der Waals surface area contributed by atoms with Crippen molar-refractivity contribution in [2.75, 3.05) is 31.1 Å². The lowest BCUT2D eigenvalue weighted by atomic mass is 10.1. The summed E-state index contributed by atoms with van der Waals surface area (Å²) in [6.07, 6.45) is 11.7. The number of nitrogens with zero attached hydrogens (tertiary/aromatic N) is 2. The van der Waals surface area contributed by atoms with Crippen molar-refractivity contribution < 1.29 is 4.79 Å². The van der Waals surface area contributed by atoms with E-state index in [1.807, 2.05) is 6.07 Å². The number of benzene rings is 1. The first-order valence-corrected chi connectivity index (χ1v) is 8.77. The minimum absolute atomic E-state index is 0.264. The number of aldehydes is 1. The Balaban J connectivity index is 1.93. The van der Waals surface area contributed by atoms with Gasteiger partial charge >= 0.3 is 0 Å². The fourth-order valence-electron chi connectivity index (χ4n) is 3.87. The molecule has 4 heteroatoms. The average molecular weight is 321 g/mol. The molecule has 1 unspecified atom stereocenters. The van der Waals surface area contributed by atoms with E-state index in [1.165, 1.54) is 0 Å². The van der Waals surface area contributed by atoms with Gasteiger partial charge in [0.15, 0.2) is 6.29 Å². The molecule has 0 radical (unpaired) electrons. The Kier molecular flexibility index (Phi) is 4.22. The van der Waals surface area contributed by atoms with Crippen LogP contribution in [0.25, 0.3) is 10.9 Å². The highest BCUT2D eigenvalue weighted by atomic mass is 16.1. The van der Waals surface area contributed by atoms with Gasteiger partial charge < -0.3 is 14.8 Å². The Morgan fingerprint density at radius 3 is 2.88 bits per heavy atom. The van der Waals surface area contributed by atoms with Crippen LogP contribution in [0.3, 0.4) is 0 Å². The highest BCUT2D eigenvalue weighted by Crippen LogP contribution is 2.37. The third kappa shape index (κ3) is 2.57. The summed E-state index contributed by atoms with van der Waals surface area (Å²) in [6.45, 7) is 3.92. The van der Waals surface area contributed by atoms with Gasteiger partial charge in [-0.25, -0.2) is 0 Å². The van der Waals surface area contributed by atoms with Crippen molar-refractivity contribution in [2.45, 2.75) is 18.9 Å². The molecule has 0 spiro atoms. The number of rotatable bonds is 3. The summed E-state index contributed by atoms with van der Waals surface area (Å²) in [5.41, 5.74) is 1.98. The Morgan fingerprint density at radius 1 is 1.12 bits per heavy atom. The summed E-state index contributed by atoms with van der Waals surface area (Å²) < 4.78 is 2.37. The van der Waals surface area contributed by atoms with E-state index in [0.29, 0.717) is 0 Å². The minimum atomic E-state index is 0.264. The molecular weight excluding hydrogens is 298 g/mol. The van der Waals surface area contributed by atoms with E-state index >= 15 is 0 Å². The largest absolute Gasteiger partial charge is 0.356 e. The molecule has 1 aromatic heterocycles. The van der Waals surface area contributed by atoms with Crippen molar-refractivity contribution in [1.29, 1.82) is 0 Å². The number of hydrogen-bond acceptors (Lipinski definition) is 3. The van der Waals surface area contributed by atoms with Crippen LogP contribution in [0.5, 0.6) is 0 Å². The molecule has 2 heterocycles. The maximum atomic E-state index is 12.0. The first kappa shape index (κ1) is 15.2. The normalized spacial score (nSPS) is 21.2. The number of fused-ring (bicyclic) bond motifs is 1. The molecule has 24 heavy (non-hydrogen) atoms. The number of para-hydroxylation sites is 1. The Labute approximate surface area is 142 Å². The van der Waals surface area contributed by atoms with E-state index in [2.05, 4.69) is 57.3 Å². The molecule has 1 aliphatic carbocycles. The topological polar surface area (TPSA) is 37.3 Å². The van der Waals surface area contributed by atoms with Crippen LogP contribution in [-0.4, -0.2) is 37.0 Å². The molecule has 0 bridgehead atoms. The number of carbonyl (C=O) groups is 1. The molecule has 0 amide bonds. The van der Waals surface area contributed by atoms with Gasteiger partial charge in [-0.3, -0.25) is 4.79 Å². The fraction of sp³-hybridized carbons (Fsp3) is 0.350. The summed E-state index contributed by atoms with van der Waals surface area (Å²) in [5, 5.41) is 4.51. The molecule has 1 saturated heterocycles. The van der Waals surface area contributed by atoms with E-state index in [9.17, 15) is 4.79 Å². The summed E-state index contributed by atoms with van der Waals surface area (Å²) in [4.78, 5) is 14.4. The number of allylic oxidation sites excluding steroid dienone is 4. The Morgan fingerprint density at radius 2 is 2.04 bits per heavy atom. The zero-order valence-corrected chi connectivity index (χ0v) is 13.8. The van der Waals surface area contributed by atoms with Gasteiger partial charge in [0.05, 0.1) is 17.1 Å². The van der Waals surface area contributed by atoms with Crippen LogP contribution in [0, 0.1) is 0 Å². The van der Waals surface area contributed by atoms with Gasteiger partial charge in [0.2, 0.25) is 0 Å². The van der Waals surface area contributed by atoms with Gasteiger partial charge in [-0.15, -0.1) is 0 Å². The van der Waals surface area contributed by atoms with E-state index in [-0.39, 0.29) is 6.04 Å². The second-order valence-electron chi connectivity index (χ2n) is 6.45. The number of aromatic nitrogens is 1.